The van der Waals surface area contributed by atoms with E-state index >= 15 is 0 Å². The number of carbonyl (C=O) groups excluding carboxylic acids is 12. The fourth-order valence-corrected chi connectivity index (χ4v) is 15.3. The molecule has 3 heterocycles. The van der Waals surface area contributed by atoms with Crippen LogP contribution in [0.4, 0.5) is 71.0 Å². The number of hydrogen-bond acceptors (Lipinski definition) is 18. The molecular weight excluding hydrogens is 1760 g/mol. The number of rotatable bonds is 39. The average Bonchev–Trinajstić information content (AvgIpc) is 0.746. The zero-order chi connectivity index (χ0) is 97.3. The van der Waals surface area contributed by atoms with Gasteiger partial charge in [0.15, 0.2) is 0 Å². The smallest absolute Gasteiger partial charge is 0.416 e. The number of carbonyl (C=O) groups is 12. The highest BCUT2D eigenvalue weighted by molar-refractivity contribution is 6.08. The summed E-state index contributed by atoms with van der Waals surface area (Å²) in [5.74, 6) is -7.17. The Labute approximate surface area is 764 Å². The van der Waals surface area contributed by atoms with Gasteiger partial charge in [0.05, 0.1) is 123 Å². The maximum Gasteiger partial charge on any atom is 0.416 e. The van der Waals surface area contributed by atoms with E-state index in [9.17, 15) is 113 Å². The molecule has 30 nitrogen and oxygen atoms in total. The molecule has 0 fully saturated rings. The van der Waals surface area contributed by atoms with Gasteiger partial charge in [-0.3, -0.25) is 43.5 Å². The van der Waals surface area contributed by atoms with Crippen LogP contribution >= 0.6 is 0 Å². The summed E-state index contributed by atoms with van der Waals surface area (Å²) in [5.41, 5.74) is -3.78. The molecule has 6 N–H and O–H groups in total. The van der Waals surface area contributed by atoms with E-state index in [4.69, 9.17) is 14.2 Å². The minimum Gasteiger partial charge on any atom is -0.463 e. The molecule has 12 amide bonds. The summed E-state index contributed by atoms with van der Waals surface area (Å²) in [7, 11) is 0. The summed E-state index contributed by atoms with van der Waals surface area (Å²) >= 11 is 0. The van der Waals surface area contributed by atoms with Crippen molar-refractivity contribution in [2.75, 3.05) is 93.4 Å². The van der Waals surface area contributed by atoms with Crippen molar-refractivity contribution in [3.8, 4) is 18.2 Å². The third-order valence-corrected chi connectivity index (χ3v) is 21.7. The molecule has 0 spiro atoms. The number of nitrogens with zero attached hydrogens (tertiary/aromatic N) is 9. The molecule has 0 saturated carbocycles. The lowest BCUT2D eigenvalue weighted by Crippen LogP contribution is -2.53. The lowest BCUT2D eigenvalue weighted by atomic mass is 9.92. The largest absolute Gasteiger partial charge is 0.463 e. The molecule has 10 rings (SSSR count). The molecule has 3 unspecified atom stereocenters. The van der Waals surface area contributed by atoms with Crippen molar-refractivity contribution in [1.82, 2.24) is 46.6 Å². The molecule has 7 aromatic rings. The van der Waals surface area contributed by atoms with Gasteiger partial charge in [-0.05, 0) is 218 Å². The minimum absolute atomic E-state index is 0.00327. The number of halogens is 9. The SMILES string of the molecule is CCOC(=O)C1=CN(c2cccc(C(F)(F)F)c2)C(=O)N(CC(=O)NCCCCCNC(=O)c2cc(C(=O)NCCCCCNC(=O)CN3C(=O)N(c4cccc(C(F)(F)F)c4)C(C)=C(C(=O)OCC)C3c3ccc(C#N)cc3)cc(C(=O)NCCCCCNC(=O)CN3C(=O)N(c4cccc(C(F)(F)F)c4)C(C)=C(C(=O)OCC)C3c3ccc(C#N)cc3)c2)C1c1ccc(C#N)cc1. The summed E-state index contributed by atoms with van der Waals surface area (Å²) < 4.78 is 143. The highest BCUT2D eigenvalue weighted by Gasteiger charge is 2.48. The number of alkyl halides is 9. The summed E-state index contributed by atoms with van der Waals surface area (Å²) in [6.07, 6.45) is -10.6. The first-order chi connectivity index (χ1) is 63.9. The third-order valence-electron chi connectivity index (χ3n) is 21.7. The second-order valence-corrected chi connectivity index (χ2v) is 30.9. The van der Waals surface area contributed by atoms with Crippen molar-refractivity contribution in [2.24, 2.45) is 0 Å². The first kappa shape index (κ1) is 101. The van der Waals surface area contributed by atoms with Gasteiger partial charge in [0, 0.05) is 73.6 Å². The topological polar surface area (TPSA) is 396 Å². The van der Waals surface area contributed by atoms with Crippen LogP contribution < -0.4 is 46.6 Å². The van der Waals surface area contributed by atoms with E-state index < -0.39 is 144 Å². The predicted octanol–water partition coefficient (Wildman–Crippen LogP) is 14.6. The van der Waals surface area contributed by atoms with Crippen LogP contribution in [0.3, 0.4) is 0 Å². The van der Waals surface area contributed by atoms with Gasteiger partial charge < -0.3 is 60.8 Å². The van der Waals surface area contributed by atoms with Crippen molar-refractivity contribution < 1.29 is 111 Å². The van der Waals surface area contributed by atoms with Crippen molar-refractivity contribution in [1.29, 1.82) is 15.8 Å². The van der Waals surface area contributed by atoms with Gasteiger partial charge >= 0.3 is 54.5 Å². The van der Waals surface area contributed by atoms with E-state index in [0.29, 0.717) is 44.6 Å². The number of amides is 12. The molecule has 134 heavy (non-hydrogen) atoms. The van der Waals surface area contributed by atoms with Gasteiger partial charge in [0.25, 0.3) is 17.7 Å². The number of hydrogen-bond donors (Lipinski definition) is 6. The Morgan fingerprint density at radius 2 is 0.642 bits per heavy atom. The second kappa shape index (κ2) is 45.9. The normalized spacial score (nSPS) is 15.2. The summed E-state index contributed by atoms with van der Waals surface area (Å²) in [6, 6.07) is 31.5. The fourth-order valence-electron chi connectivity index (χ4n) is 15.3. The molecule has 0 aliphatic carbocycles. The van der Waals surface area contributed by atoms with Crippen LogP contribution in [0.5, 0.6) is 0 Å². The van der Waals surface area contributed by atoms with Gasteiger partial charge in [-0.1, -0.05) is 54.6 Å². The van der Waals surface area contributed by atoms with Gasteiger partial charge in [-0.15, -0.1) is 0 Å². The summed E-state index contributed by atoms with van der Waals surface area (Å²) in [6.45, 7) is 4.73. The van der Waals surface area contributed by atoms with Crippen molar-refractivity contribution in [2.45, 2.75) is 129 Å². The van der Waals surface area contributed by atoms with Gasteiger partial charge in [-0.25, -0.2) is 28.8 Å². The molecule has 0 saturated heterocycles. The molecule has 3 atom stereocenters. The van der Waals surface area contributed by atoms with E-state index in [0.717, 1.165) is 84.1 Å². The molecule has 7 aromatic carbocycles. The molecule has 0 bridgehead atoms. The average molecular weight is 1860 g/mol. The Kier molecular flexibility index (Phi) is 34.6. The highest BCUT2D eigenvalue weighted by Crippen LogP contribution is 2.45. The number of esters is 3. The first-order valence-corrected chi connectivity index (χ1v) is 42.7. The summed E-state index contributed by atoms with van der Waals surface area (Å²) in [4.78, 5) is 175. The first-order valence-electron chi connectivity index (χ1n) is 42.7. The van der Waals surface area contributed by atoms with Crippen LogP contribution in [0.15, 0.2) is 198 Å². The molecule has 3 aliphatic rings. The van der Waals surface area contributed by atoms with Crippen LogP contribution in [0.2, 0.25) is 0 Å². The van der Waals surface area contributed by atoms with Crippen molar-refractivity contribution in [3.63, 3.8) is 0 Å². The number of nitriles is 3. The number of unbranched alkanes of at least 4 members (excludes halogenated alkanes) is 6. The lowest BCUT2D eigenvalue weighted by molar-refractivity contribution is -0.140. The number of ether oxygens (including phenoxy) is 3. The molecular formula is C95H94F9N15O15. The standard InChI is InChI=1S/C95H94F9N15O15/c1-6-132-87(126)75-54-114(72-24-18-21-69(48-72)93(96,97)98)90(129)115(81(75)63-33-27-60(51-105)28-34-63)55-76(120)108-39-12-9-15-42-111-84(123)66-45-67(85(124)112-43-16-10-13-40-109-77(121)56-116-82(64-35-29-61(52-106)30-36-64)79(88(127)133-7-2)58(4)118(91(116)130)73-25-19-22-70(49-73)94(99,100)101)47-68(46-66)86(125)113-44-17-11-14-41-110-78(122)57-117-83(65-37-31-62(53-107)32-38-65)80(89(128)134-8-3)59(5)119(92(117)131)74-26-20-23-71(50-74)95(102,103)104/h18-38,45-50,54,81-83H,6-17,39-44,55-57H2,1-5H3,(H,108,120)(H,109,121)(H,110,122)(H,111,123)(H,112,124)(H,113,125). The van der Waals surface area contributed by atoms with E-state index in [1.54, 1.807) is 0 Å². The maximum atomic E-state index is 14.7. The van der Waals surface area contributed by atoms with Crippen LogP contribution in [-0.4, -0.2) is 165 Å². The van der Waals surface area contributed by atoms with Crippen LogP contribution in [-0.2, 0) is 61.5 Å². The zero-order valence-corrected chi connectivity index (χ0v) is 73.3. The highest BCUT2D eigenvalue weighted by atomic mass is 19.4. The Balaban J connectivity index is 0.781. The Hall–Kier alpha value is -15.4. The van der Waals surface area contributed by atoms with E-state index in [1.807, 2.05) is 18.2 Å². The zero-order valence-electron chi connectivity index (χ0n) is 73.3. The predicted molar refractivity (Wildman–Crippen MR) is 467 cm³/mol. The number of urea groups is 3. The van der Waals surface area contributed by atoms with Gasteiger partial charge in [0.1, 0.15) is 19.6 Å². The quantitative estimate of drug-likeness (QED) is 0.00902. The van der Waals surface area contributed by atoms with Crippen molar-refractivity contribution in [3.05, 3.63) is 265 Å². The molecule has 39 heteroatoms. The van der Waals surface area contributed by atoms with Crippen LogP contribution in [0.25, 0.3) is 0 Å². The monoisotopic (exact) mass is 1860 g/mol. The Bertz CT molecular complexity index is 5570. The second-order valence-electron chi connectivity index (χ2n) is 30.9. The Morgan fingerprint density at radius 3 is 0.948 bits per heavy atom. The number of anilines is 3. The third kappa shape index (κ3) is 25.4. The molecule has 0 aromatic heterocycles. The van der Waals surface area contributed by atoms with Gasteiger partial charge in [-0.2, -0.15) is 55.3 Å². The van der Waals surface area contributed by atoms with E-state index in [2.05, 4.69) is 31.9 Å². The van der Waals surface area contributed by atoms with E-state index in [1.165, 1.54) is 144 Å². The minimum atomic E-state index is -4.83. The molecule has 702 valence electrons. The van der Waals surface area contributed by atoms with Crippen molar-refractivity contribution >= 4 is 88.5 Å². The lowest BCUT2D eigenvalue weighted by Gasteiger charge is -2.42. The number of benzene rings is 7. The maximum absolute atomic E-state index is 14.7. The van der Waals surface area contributed by atoms with E-state index in [-0.39, 0.29) is 174 Å². The van der Waals surface area contributed by atoms with Crippen LogP contribution in [0, 0.1) is 34.0 Å². The van der Waals surface area contributed by atoms with Crippen LogP contribution in [0.1, 0.15) is 192 Å². The fraction of sp³-hybridized carbons (Fsp3) is 0.337. The Morgan fingerprint density at radius 1 is 0.358 bits per heavy atom. The number of allylic oxidation sites excluding steroid dienone is 2. The summed E-state index contributed by atoms with van der Waals surface area (Å²) in [5, 5.41) is 45.2. The molecule has 3 aliphatic heterocycles. The number of nitrogens with one attached hydrogen (secondary N) is 6. The van der Waals surface area contributed by atoms with Gasteiger partial charge in [0.2, 0.25) is 17.7 Å². The molecule has 0 radical (unpaired) electrons.